The molecule has 2 heterocycles. The minimum Gasteiger partial charge on any atom is -0.356 e. The molecular formula is C18H24BrN5O4. The number of halogens is 1. The first-order valence-corrected chi connectivity index (χ1v) is 9.88. The van der Waals surface area contributed by atoms with Crippen LogP contribution in [-0.2, 0) is 9.59 Å². The fourth-order valence-corrected chi connectivity index (χ4v) is 4.87. The Bertz CT molecular complexity index is 836. The van der Waals surface area contributed by atoms with E-state index in [0.29, 0.717) is 17.3 Å². The third kappa shape index (κ3) is 4.06. The summed E-state index contributed by atoms with van der Waals surface area (Å²) in [4.78, 5) is 53.1. The third-order valence-corrected chi connectivity index (χ3v) is 5.59. The summed E-state index contributed by atoms with van der Waals surface area (Å²) < 4.78 is 0.693. The van der Waals surface area contributed by atoms with Gasteiger partial charge in [0.25, 0.3) is 17.7 Å². The van der Waals surface area contributed by atoms with Crippen molar-refractivity contribution in [3.63, 3.8) is 0 Å². The van der Waals surface area contributed by atoms with Crippen molar-refractivity contribution in [2.24, 2.45) is 11.3 Å². The van der Waals surface area contributed by atoms with Gasteiger partial charge >= 0.3 is 6.03 Å². The molecule has 2 fully saturated rings. The Morgan fingerprint density at radius 1 is 1.29 bits per heavy atom. The smallest absolute Gasteiger partial charge is 0.325 e. The van der Waals surface area contributed by atoms with E-state index in [1.165, 1.54) is 0 Å². The molecule has 1 saturated carbocycles. The second kappa shape index (κ2) is 7.23. The van der Waals surface area contributed by atoms with Crippen LogP contribution in [0, 0.1) is 11.3 Å². The molecule has 3 rings (SSSR count). The molecule has 10 heteroatoms. The molecule has 1 aromatic heterocycles. The molecule has 1 aliphatic carbocycles. The van der Waals surface area contributed by atoms with Gasteiger partial charge in [-0.1, -0.05) is 20.8 Å². The standard InChI is InChI=1S/C18H24BrN5O4/c1-10-5-17(2,3)9-18(6-10)15(27)24(16(28)21-18)8-13(25)22-23-14(26)12-4-11(19)7-20-12/h4,7,10,20H,5-6,8-9H2,1-3H3,(H,21,28)(H,22,25)(H,23,26). The molecular weight excluding hydrogens is 430 g/mol. The number of carbonyl (C=O) groups is 4. The maximum Gasteiger partial charge on any atom is 0.325 e. The first kappa shape index (κ1) is 20.4. The number of rotatable bonds is 3. The van der Waals surface area contributed by atoms with E-state index in [4.69, 9.17) is 0 Å². The Kier molecular flexibility index (Phi) is 5.26. The van der Waals surface area contributed by atoms with Gasteiger partial charge in [-0.05, 0) is 52.6 Å². The van der Waals surface area contributed by atoms with Gasteiger partial charge in [0, 0.05) is 10.7 Å². The van der Waals surface area contributed by atoms with Gasteiger partial charge in [-0.15, -0.1) is 0 Å². The predicted octanol–water partition coefficient (Wildman–Crippen LogP) is 1.68. The van der Waals surface area contributed by atoms with Gasteiger partial charge in [0.2, 0.25) is 0 Å². The summed E-state index contributed by atoms with van der Waals surface area (Å²) in [5, 5.41) is 2.81. The van der Waals surface area contributed by atoms with Crippen molar-refractivity contribution < 1.29 is 19.2 Å². The van der Waals surface area contributed by atoms with E-state index in [9.17, 15) is 19.2 Å². The lowest BCUT2D eigenvalue weighted by Crippen LogP contribution is -2.54. The number of amides is 5. The van der Waals surface area contributed by atoms with Gasteiger partial charge in [0.15, 0.2) is 0 Å². The van der Waals surface area contributed by atoms with Crippen LogP contribution in [0.4, 0.5) is 4.79 Å². The number of nitrogens with zero attached hydrogens (tertiary/aromatic N) is 1. The van der Waals surface area contributed by atoms with E-state index in [-0.39, 0.29) is 22.9 Å². The summed E-state index contributed by atoms with van der Waals surface area (Å²) in [6.07, 6.45) is 3.64. The summed E-state index contributed by atoms with van der Waals surface area (Å²) in [6, 6.07) is 0.971. The maximum absolute atomic E-state index is 13.0. The van der Waals surface area contributed by atoms with Gasteiger partial charge in [-0.25, -0.2) is 4.79 Å². The number of hydrogen-bond acceptors (Lipinski definition) is 4. The van der Waals surface area contributed by atoms with E-state index < -0.39 is 29.9 Å². The van der Waals surface area contributed by atoms with Gasteiger partial charge in [0.1, 0.15) is 17.8 Å². The maximum atomic E-state index is 13.0. The predicted molar refractivity (Wildman–Crippen MR) is 104 cm³/mol. The normalized spacial score (nSPS) is 26.3. The van der Waals surface area contributed by atoms with Crippen molar-refractivity contribution in [1.82, 2.24) is 26.1 Å². The largest absolute Gasteiger partial charge is 0.356 e. The van der Waals surface area contributed by atoms with Crippen molar-refractivity contribution in [3.05, 3.63) is 22.4 Å². The van der Waals surface area contributed by atoms with Crippen molar-refractivity contribution in [3.8, 4) is 0 Å². The molecule has 0 aromatic carbocycles. The van der Waals surface area contributed by atoms with Crippen LogP contribution < -0.4 is 16.2 Å². The molecule has 1 aromatic rings. The molecule has 4 N–H and O–H groups in total. The molecule has 5 amide bonds. The molecule has 0 bridgehead atoms. The number of hydrogen-bond donors (Lipinski definition) is 4. The lowest BCUT2D eigenvalue weighted by molar-refractivity contribution is -0.137. The van der Waals surface area contributed by atoms with Crippen LogP contribution in [0.15, 0.2) is 16.7 Å². The first-order chi connectivity index (χ1) is 13.0. The fourth-order valence-electron chi connectivity index (χ4n) is 4.53. The van der Waals surface area contributed by atoms with Crippen molar-refractivity contribution in [1.29, 1.82) is 0 Å². The molecule has 9 nitrogen and oxygen atoms in total. The monoisotopic (exact) mass is 453 g/mol. The minimum atomic E-state index is -0.960. The first-order valence-electron chi connectivity index (χ1n) is 9.09. The lowest BCUT2D eigenvalue weighted by Gasteiger charge is -2.43. The van der Waals surface area contributed by atoms with Crippen LogP contribution in [0.5, 0.6) is 0 Å². The topological polar surface area (TPSA) is 123 Å². The van der Waals surface area contributed by atoms with Crippen LogP contribution >= 0.6 is 15.9 Å². The number of carbonyl (C=O) groups excluding carboxylic acids is 4. The number of aromatic amines is 1. The van der Waals surface area contributed by atoms with Crippen molar-refractivity contribution in [2.45, 2.75) is 45.6 Å². The number of imide groups is 1. The molecule has 2 aliphatic rings. The molecule has 152 valence electrons. The van der Waals surface area contributed by atoms with Crippen molar-refractivity contribution in [2.75, 3.05) is 6.54 Å². The molecule has 2 atom stereocenters. The quantitative estimate of drug-likeness (QED) is 0.410. The van der Waals surface area contributed by atoms with E-state index in [1.54, 1.807) is 12.3 Å². The molecule has 2 unspecified atom stereocenters. The van der Waals surface area contributed by atoms with Gasteiger partial charge in [0.05, 0.1) is 0 Å². The molecule has 1 aliphatic heterocycles. The van der Waals surface area contributed by atoms with Gasteiger partial charge in [-0.2, -0.15) is 0 Å². The Morgan fingerprint density at radius 3 is 2.61 bits per heavy atom. The van der Waals surface area contributed by atoms with E-state index in [0.717, 1.165) is 11.3 Å². The Labute approximate surface area is 171 Å². The molecule has 0 radical (unpaired) electrons. The number of urea groups is 1. The highest BCUT2D eigenvalue weighted by Gasteiger charge is 2.56. The minimum absolute atomic E-state index is 0.0861. The van der Waals surface area contributed by atoms with Crippen LogP contribution in [0.1, 0.15) is 50.5 Å². The summed E-state index contributed by atoms with van der Waals surface area (Å²) in [5.74, 6) is -1.31. The zero-order chi connectivity index (χ0) is 20.7. The van der Waals surface area contributed by atoms with E-state index in [1.807, 2.05) is 0 Å². The molecule has 28 heavy (non-hydrogen) atoms. The van der Waals surface area contributed by atoms with Gasteiger partial charge in [-0.3, -0.25) is 30.1 Å². The average molecular weight is 454 g/mol. The zero-order valence-electron chi connectivity index (χ0n) is 16.0. The highest BCUT2D eigenvalue weighted by molar-refractivity contribution is 9.10. The second-order valence-electron chi connectivity index (χ2n) is 8.49. The number of hydrazine groups is 1. The highest BCUT2D eigenvalue weighted by Crippen LogP contribution is 2.46. The van der Waals surface area contributed by atoms with Crippen LogP contribution in [0.2, 0.25) is 0 Å². The Morgan fingerprint density at radius 2 is 2.00 bits per heavy atom. The highest BCUT2D eigenvalue weighted by atomic mass is 79.9. The van der Waals surface area contributed by atoms with Crippen LogP contribution in [0.3, 0.4) is 0 Å². The number of H-pyrrole nitrogens is 1. The van der Waals surface area contributed by atoms with E-state index >= 15 is 0 Å². The number of aromatic nitrogens is 1. The fraction of sp³-hybridized carbons (Fsp3) is 0.556. The van der Waals surface area contributed by atoms with Crippen LogP contribution in [0.25, 0.3) is 0 Å². The third-order valence-electron chi connectivity index (χ3n) is 5.13. The summed E-state index contributed by atoms with van der Waals surface area (Å²) in [6.45, 7) is 5.75. The van der Waals surface area contributed by atoms with Crippen molar-refractivity contribution >= 4 is 39.7 Å². The zero-order valence-corrected chi connectivity index (χ0v) is 17.6. The molecule has 1 saturated heterocycles. The average Bonchev–Trinajstić information content (AvgIpc) is 3.08. The SMILES string of the molecule is CC1CC(C)(C)CC2(C1)NC(=O)N(CC(=O)NNC(=O)c1cc(Br)c[nH]1)C2=O. The Balaban J connectivity index is 1.61. The second-order valence-corrected chi connectivity index (χ2v) is 9.41. The van der Waals surface area contributed by atoms with Crippen LogP contribution in [-0.4, -0.2) is 45.7 Å². The summed E-state index contributed by atoms with van der Waals surface area (Å²) in [7, 11) is 0. The molecule has 1 spiro atoms. The Hall–Kier alpha value is -2.36. The van der Waals surface area contributed by atoms with E-state index in [2.05, 4.69) is 57.9 Å². The summed E-state index contributed by atoms with van der Waals surface area (Å²) >= 11 is 3.21. The summed E-state index contributed by atoms with van der Waals surface area (Å²) in [5.41, 5.74) is 3.68. The lowest BCUT2D eigenvalue weighted by atomic mass is 9.64. The van der Waals surface area contributed by atoms with Gasteiger partial charge < -0.3 is 10.3 Å². The number of nitrogens with one attached hydrogen (secondary N) is 4.